The SMILES string of the molecule is CCOC(=O)[C@H]1C(=O)N(C2CCCCC2)C(=O)[C@@H]1c1coc2ccc(C)cc2c1=O. The highest BCUT2D eigenvalue weighted by atomic mass is 16.5. The number of rotatable bonds is 4. The third-order valence-electron chi connectivity index (χ3n) is 6.11. The Morgan fingerprint density at radius 3 is 2.57 bits per heavy atom. The monoisotopic (exact) mass is 411 g/mol. The zero-order valence-corrected chi connectivity index (χ0v) is 17.2. The Balaban J connectivity index is 1.83. The van der Waals surface area contributed by atoms with Gasteiger partial charge in [-0.1, -0.05) is 30.9 Å². The van der Waals surface area contributed by atoms with Gasteiger partial charge in [0.2, 0.25) is 11.8 Å². The number of carbonyl (C=O) groups excluding carboxylic acids is 3. The number of ether oxygens (including phenoxy) is 1. The molecule has 1 aromatic heterocycles. The van der Waals surface area contributed by atoms with Gasteiger partial charge in [-0.05, 0) is 38.8 Å². The Morgan fingerprint density at radius 1 is 1.13 bits per heavy atom. The van der Waals surface area contributed by atoms with E-state index < -0.39 is 35.0 Å². The summed E-state index contributed by atoms with van der Waals surface area (Å²) in [6.45, 7) is 3.57. The molecular weight excluding hydrogens is 386 g/mol. The van der Waals surface area contributed by atoms with E-state index in [0.717, 1.165) is 24.8 Å². The third-order valence-corrected chi connectivity index (χ3v) is 6.11. The number of amides is 2. The molecule has 1 saturated carbocycles. The van der Waals surface area contributed by atoms with E-state index in [0.29, 0.717) is 23.8 Å². The standard InChI is InChI=1S/C23H25NO6/c1-3-29-23(28)19-18(21(26)24(22(19)27)14-7-5-4-6-8-14)16-12-30-17-10-9-13(2)11-15(17)20(16)25/h9-12,14,18-19H,3-8H2,1-2H3/t18-,19-/m1/s1. The summed E-state index contributed by atoms with van der Waals surface area (Å²) in [6, 6.07) is 4.95. The minimum atomic E-state index is -1.36. The van der Waals surface area contributed by atoms with Gasteiger partial charge in [0.15, 0.2) is 11.3 Å². The van der Waals surface area contributed by atoms with Crippen molar-refractivity contribution in [3.05, 3.63) is 45.8 Å². The Hall–Kier alpha value is -2.96. The van der Waals surface area contributed by atoms with Crippen molar-refractivity contribution in [2.75, 3.05) is 6.61 Å². The number of nitrogens with zero attached hydrogens (tertiary/aromatic N) is 1. The Morgan fingerprint density at radius 2 is 1.87 bits per heavy atom. The third kappa shape index (κ3) is 3.32. The molecule has 1 aliphatic heterocycles. The summed E-state index contributed by atoms with van der Waals surface area (Å²) < 4.78 is 10.7. The van der Waals surface area contributed by atoms with Crippen molar-refractivity contribution in [1.82, 2.24) is 4.90 Å². The lowest BCUT2D eigenvalue weighted by molar-refractivity contribution is -0.153. The number of hydrogen-bond donors (Lipinski definition) is 0. The number of carbonyl (C=O) groups is 3. The molecule has 158 valence electrons. The van der Waals surface area contributed by atoms with Crippen LogP contribution in [0.4, 0.5) is 0 Å². The molecule has 7 heteroatoms. The molecule has 0 unspecified atom stereocenters. The first-order valence-electron chi connectivity index (χ1n) is 10.5. The minimum absolute atomic E-state index is 0.0304. The minimum Gasteiger partial charge on any atom is -0.465 e. The smallest absolute Gasteiger partial charge is 0.319 e. The van der Waals surface area contributed by atoms with Gasteiger partial charge < -0.3 is 9.15 Å². The summed E-state index contributed by atoms with van der Waals surface area (Å²) in [5.41, 5.74) is 0.892. The van der Waals surface area contributed by atoms with E-state index in [4.69, 9.17) is 9.15 Å². The lowest BCUT2D eigenvalue weighted by atomic mass is 9.88. The fraction of sp³-hybridized carbons (Fsp3) is 0.478. The lowest BCUT2D eigenvalue weighted by Crippen LogP contribution is -2.42. The largest absolute Gasteiger partial charge is 0.465 e. The molecule has 7 nitrogen and oxygen atoms in total. The Kier molecular flexibility index (Phi) is 5.45. The van der Waals surface area contributed by atoms with E-state index >= 15 is 0 Å². The molecule has 2 atom stereocenters. The van der Waals surface area contributed by atoms with Gasteiger partial charge in [-0.25, -0.2) is 0 Å². The lowest BCUT2D eigenvalue weighted by Gasteiger charge is -2.29. The van der Waals surface area contributed by atoms with Crippen LogP contribution < -0.4 is 5.43 Å². The maximum absolute atomic E-state index is 13.4. The first kappa shape index (κ1) is 20.3. The van der Waals surface area contributed by atoms with Crippen molar-refractivity contribution in [1.29, 1.82) is 0 Å². The highest BCUT2D eigenvalue weighted by Crippen LogP contribution is 2.39. The van der Waals surface area contributed by atoms with Crippen LogP contribution in [0.2, 0.25) is 0 Å². The molecule has 30 heavy (non-hydrogen) atoms. The summed E-state index contributed by atoms with van der Waals surface area (Å²) >= 11 is 0. The summed E-state index contributed by atoms with van der Waals surface area (Å²) in [7, 11) is 0. The van der Waals surface area contributed by atoms with E-state index in [1.807, 2.05) is 13.0 Å². The highest BCUT2D eigenvalue weighted by Gasteiger charge is 2.55. The van der Waals surface area contributed by atoms with Gasteiger partial charge in [-0.2, -0.15) is 0 Å². The van der Waals surface area contributed by atoms with Crippen LogP contribution in [0.3, 0.4) is 0 Å². The Labute approximate surface area is 174 Å². The number of benzene rings is 1. The topological polar surface area (TPSA) is 93.9 Å². The van der Waals surface area contributed by atoms with E-state index in [-0.39, 0.29) is 18.2 Å². The van der Waals surface area contributed by atoms with Crippen LogP contribution in [-0.2, 0) is 19.1 Å². The fourth-order valence-electron chi connectivity index (χ4n) is 4.65. The van der Waals surface area contributed by atoms with Crippen LogP contribution in [-0.4, -0.2) is 35.3 Å². The number of esters is 1. The molecule has 0 spiro atoms. The molecule has 0 N–H and O–H groups in total. The number of imide groups is 1. The molecule has 2 heterocycles. The fourth-order valence-corrected chi connectivity index (χ4v) is 4.65. The molecule has 2 fully saturated rings. The highest BCUT2D eigenvalue weighted by molar-refractivity contribution is 6.16. The van der Waals surface area contributed by atoms with E-state index in [2.05, 4.69) is 0 Å². The molecule has 2 amide bonds. The number of likely N-dealkylation sites (tertiary alicyclic amines) is 1. The van der Waals surface area contributed by atoms with Gasteiger partial charge in [0.25, 0.3) is 0 Å². The van der Waals surface area contributed by atoms with Crippen LogP contribution >= 0.6 is 0 Å². The van der Waals surface area contributed by atoms with Crippen molar-refractivity contribution in [3.63, 3.8) is 0 Å². The first-order valence-corrected chi connectivity index (χ1v) is 10.5. The molecule has 0 bridgehead atoms. The summed E-state index contributed by atoms with van der Waals surface area (Å²) in [5.74, 6) is -4.43. The molecule has 1 aliphatic carbocycles. The molecule has 1 aromatic carbocycles. The van der Waals surface area contributed by atoms with Crippen molar-refractivity contribution in [3.8, 4) is 0 Å². The van der Waals surface area contributed by atoms with Crippen molar-refractivity contribution in [2.24, 2.45) is 5.92 Å². The van der Waals surface area contributed by atoms with Gasteiger partial charge in [0.05, 0.1) is 24.2 Å². The van der Waals surface area contributed by atoms with E-state index in [9.17, 15) is 19.2 Å². The molecule has 4 rings (SSSR count). The second kappa shape index (κ2) is 8.05. The number of aryl methyl sites for hydroxylation is 1. The van der Waals surface area contributed by atoms with Crippen LogP contribution in [0.5, 0.6) is 0 Å². The van der Waals surface area contributed by atoms with Gasteiger partial charge in [0, 0.05) is 11.6 Å². The van der Waals surface area contributed by atoms with Gasteiger partial charge >= 0.3 is 5.97 Å². The van der Waals surface area contributed by atoms with Crippen molar-refractivity contribution < 1.29 is 23.5 Å². The normalized spacial score (nSPS) is 22.7. The molecule has 2 aliphatic rings. The quantitative estimate of drug-likeness (QED) is 0.436. The van der Waals surface area contributed by atoms with Crippen molar-refractivity contribution >= 4 is 28.8 Å². The molecule has 2 aromatic rings. The second-order valence-corrected chi connectivity index (χ2v) is 8.07. The van der Waals surface area contributed by atoms with E-state index in [1.54, 1.807) is 19.1 Å². The summed E-state index contributed by atoms with van der Waals surface area (Å²) in [4.78, 5) is 53.8. The molecular formula is C23H25NO6. The predicted molar refractivity (Wildman–Crippen MR) is 109 cm³/mol. The zero-order valence-electron chi connectivity index (χ0n) is 17.2. The molecule has 0 radical (unpaired) electrons. The molecule has 1 saturated heterocycles. The summed E-state index contributed by atoms with van der Waals surface area (Å²) in [6.07, 6.45) is 5.55. The maximum atomic E-state index is 13.4. The van der Waals surface area contributed by atoms with Crippen LogP contribution in [0.1, 0.15) is 56.1 Å². The Bertz CT molecular complexity index is 1070. The van der Waals surface area contributed by atoms with Crippen LogP contribution in [0.25, 0.3) is 11.0 Å². The van der Waals surface area contributed by atoms with Gasteiger partial charge in [-0.3, -0.25) is 24.1 Å². The summed E-state index contributed by atoms with van der Waals surface area (Å²) in [5, 5.41) is 0.325. The zero-order chi connectivity index (χ0) is 21.4. The second-order valence-electron chi connectivity index (χ2n) is 8.07. The average Bonchev–Trinajstić information content (AvgIpc) is 2.99. The predicted octanol–water partition coefficient (Wildman–Crippen LogP) is 3.07. The number of hydrogen-bond acceptors (Lipinski definition) is 6. The van der Waals surface area contributed by atoms with Crippen LogP contribution in [0, 0.1) is 12.8 Å². The first-order chi connectivity index (χ1) is 14.4. The van der Waals surface area contributed by atoms with Crippen molar-refractivity contribution in [2.45, 2.75) is 57.9 Å². The average molecular weight is 411 g/mol. The van der Waals surface area contributed by atoms with E-state index in [1.165, 1.54) is 11.2 Å². The number of fused-ring (bicyclic) bond motifs is 1. The van der Waals surface area contributed by atoms with Gasteiger partial charge in [0.1, 0.15) is 5.58 Å². The maximum Gasteiger partial charge on any atom is 0.319 e. The van der Waals surface area contributed by atoms with Gasteiger partial charge in [-0.15, -0.1) is 0 Å². The van der Waals surface area contributed by atoms with Crippen LogP contribution in [0.15, 0.2) is 33.7 Å².